The monoisotopic (exact) mass is 221 g/mol. The first-order valence-corrected chi connectivity index (χ1v) is 5.78. The van der Waals surface area contributed by atoms with Gasteiger partial charge in [0.1, 0.15) is 11.4 Å². The third-order valence-corrected chi connectivity index (χ3v) is 3.04. The highest BCUT2D eigenvalue weighted by atomic mass is 16.5. The number of para-hydroxylation sites is 1. The lowest BCUT2D eigenvalue weighted by atomic mass is 9.95. The second kappa shape index (κ2) is 4.44. The molecule has 3 N–H and O–H groups in total. The van der Waals surface area contributed by atoms with Crippen molar-refractivity contribution in [2.75, 3.05) is 13.2 Å². The molecule has 1 fully saturated rings. The zero-order chi connectivity index (χ0) is 11.6. The molecule has 3 nitrogen and oxygen atoms in total. The third kappa shape index (κ3) is 2.54. The minimum absolute atomic E-state index is 0.191. The van der Waals surface area contributed by atoms with Crippen molar-refractivity contribution < 1.29 is 9.84 Å². The van der Waals surface area contributed by atoms with Crippen molar-refractivity contribution in [1.29, 1.82) is 0 Å². The lowest BCUT2D eigenvalue weighted by molar-refractivity contribution is 0.0630. The van der Waals surface area contributed by atoms with Crippen molar-refractivity contribution in [3.05, 3.63) is 29.8 Å². The summed E-state index contributed by atoms with van der Waals surface area (Å²) in [6.45, 7) is 2.65. The van der Waals surface area contributed by atoms with Crippen LogP contribution >= 0.6 is 0 Å². The highest BCUT2D eigenvalue weighted by molar-refractivity contribution is 5.37. The predicted molar refractivity (Wildman–Crippen MR) is 63.3 cm³/mol. The van der Waals surface area contributed by atoms with E-state index >= 15 is 0 Å². The Morgan fingerprint density at radius 1 is 1.44 bits per heavy atom. The maximum atomic E-state index is 10.2. The van der Waals surface area contributed by atoms with Crippen LogP contribution in [0.4, 0.5) is 0 Å². The Morgan fingerprint density at radius 2 is 2.12 bits per heavy atom. The summed E-state index contributed by atoms with van der Waals surface area (Å²) in [7, 11) is 0. The standard InChI is InChI=1S/C13H19NO2/c1-13(15,9-14)11-4-2-3-5-12(11)16-8-10-6-7-10/h2-5,10,15H,6-9,14H2,1H3/t13-/m1/s1. The highest BCUT2D eigenvalue weighted by Gasteiger charge is 2.27. The topological polar surface area (TPSA) is 55.5 Å². The first-order chi connectivity index (χ1) is 7.63. The second-order valence-corrected chi connectivity index (χ2v) is 4.73. The van der Waals surface area contributed by atoms with Crippen molar-refractivity contribution in [1.82, 2.24) is 0 Å². The van der Waals surface area contributed by atoms with Crippen molar-refractivity contribution in [2.45, 2.75) is 25.4 Å². The van der Waals surface area contributed by atoms with Gasteiger partial charge in [-0.05, 0) is 31.7 Å². The van der Waals surface area contributed by atoms with E-state index in [1.165, 1.54) is 12.8 Å². The number of hydrogen-bond acceptors (Lipinski definition) is 3. The number of benzene rings is 1. The minimum atomic E-state index is -1.01. The Bertz CT molecular complexity index is 359. The molecule has 1 atom stereocenters. The van der Waals surface area contributed by atoms with Crippen LogP contribution < -0.4 is 10.5 Å². The van der Waals surface area contributed by atoms with Gasteiger partial charge in [-0.2, -0.15) is 0 Å². The summed E-state index contributed by atoms with van der Waals surface area (Å²) in [4.78, 5) is 0. The average Bonchev–Trinajstić information content (AvgIpc) is 3.10. The number of ether oxygens (including phenoxy) is 1. The van der Waals surface area contributed by atoms with Crippen molar-refractivity contribution in [3.8, 4) is 5.75 Å². The molecule has 0 radical (unpaired) electrons. The quantitative estimate of drug-likeness (QED) is 0.794. The normalized spacial score (nSPS) is 19.2. The Hall–Kier alpha value is -1.06. The molecule has 0 spiro atoms. The molecule has 1 aromatic rings. The summed E-state index contributed by atoms with van der Waals surface area (Å²) < 4.78 is 5.73. The SMILES string of the molecule is C[C@@](O)(CN)c1ccccc1OCC1CC1. The van der Waals surface area contributed by atoms with Gasteiger partial charge in [0.2, 0.25) is 0 Å². The zero-order valence-corrected chi connectivity index (χ0v) is 9.65. The molecule has 0 aromatic heterocycles. The fourth-order valence-electron chi connectivity index (χ4n) is 1.64. The fraction of sp³-hybridized carbons (Fsp3) is 0.538. The number of aliphatic hydroxyl groups is 1. The summed E-state index contributed by atoms with van der Waals surface area (Å²) in [5.74, 6) is 1.46. The van der Waals surface area contributed by atoms with Crippen molar-refractivity contribution >= 4 is 0 Å². The minimum Gasteiger partial charge on any atom is -0.493 e. The van der Waals surface area contributed by atoms with E-state index in [1.807, 2.05) is 24.3 Å². The predicted octanol–water partition coefficient (Wildman–Crippen LogP) is 1.64. The lowest BCUT2D eigenvalue weighted by Gasteiger charge is -2.24. The maximum absolute atomic E-state index is 10.2. The van der Waals surface area contributed by atoms with Gasteiger partial charge in [0.05, 0.1) is 6.61 Å². The molecule has 0 amide bonds. The molecule has 0 aliphatic heterocycles. The first-order valence-electron chi connectivity index (χ1n) is 5.78. The molecule has 88 valence electrons. The molecule has 1 aliphatic carbocycles. The molecule has 2 rings (SSSR count). The Balaban J connectivity index is 2.15. The summed E-state index contributed by atoms with van der Waals surface area (Å²) in [6, 6.07) is 7.57. The van der Waals surface area contributed by atoms with Gasteiger partial charge in [-0.15, -0.1) is 0 Å². The smallest absolute Gasteiger partial charge is 0.125 e. The molecule has 1 saturated carbocycles. The summed E-state index contributed by atoms with van der Waals surface area (Å²) >= 11 is 0. The fourth-order valence-corrected chi connectivity index (χ4v) is 1.64. The van der Waals surface area contributed by atoms with Crippen molar-refractivity contribution in [2.24, 2.45) is 11.7 Å². The lowest BCUT2D eigenvalue weighted by Crippen LogP contribution is -2.31. The van der Waals surface area contributed by atoms with Crippen LogP contribution in [0.15, 0.2) is 24.3 Å². The van der Waals surface area contributed by atoms with Crippen LogP contribution in [0.3, 0.4) is 0 Å². The van der Waals surface area contributed by atoms with Crippen LogP contribution in [0, 0.1) is 5.92 Å². The summed E-state index contributed by atoms with van der Waals surface area (Å²) in [5, 5.41) is 10.2. The van der Waals surface area contributed by atoms with E-state index in [9.17, 15) is 5.11 Å². The maximum Gasteiger partial charge on any atom is 0.125 e. The van der Waals surface area contributed by atoms with Crippen LogP contribution in [0.2, 0.25) is 0 Å². The van der Waals surface area contributed by atoms with Gasteiger partial charge >= 0.3 is 0 Å². The van der Waals surface area contributed by atoms with E-state index < -0.39 is 5.60 Å². The molecular weight excluding hydrogens is 202 g/mol. The molecule has 0 unspecified atom stereocenters. The Kier molecular flexibility index (Phi) is 3.17. The van der Waals surface area contributed by atoms with E-state index in [4.69, 9.17) is 10.5 Å². The van der Waals surface area contributed by atoms with Gasteiger partial charge < -0.3 is 15.6 Å². The van der Waals surface area contributed by atoms with Crippen LogP contribution in [0.5, 0.6) is 5.75 Å². The number of rotatable bonds is 5. The van der Waals surface area contributed by atoms with Crippen LogP contribution in [-0.4, -0.2) is 18.3 Å². The van der Waals surface area contributed by atoms with Gasteiger partial charge in [0.15, 0.2) is 0 Å². The third-order valence-electron chi connectivity index (χ3n) is 3.04. The van der Waals surface area contributed by atoms with E-state index in [0.717, 1.165) is 17.9 Å². The molecule has 1 aliphatic rings. The number of hydrogen-bond donors (Lipinski definition) is 2. The van der Waals surface area contributed by atoms with Gasteiger partial charge in [-0.1, -0.05) is 18.2 Å². The van der Waals surface area contributed by atoms with Gasteiger partial charge in [0.25, 0.3) is 0 Å². The molecule has 0 saturated heterocycles. The second-order valence-electron chi connectivity index (χ2n) is 4.73. The van der Waals surface area contributed by atoms with E-state index in [-0.39, 0.29) is 6.54 Å². The molecule has 0 bridgehead atoms. The molecule has 0 heterocycles. The van der Waals surface area contributed by atoms with Crippen LogP contribution in [0.1, 0.15) is 25.3 Å². The van der Waals surface area contributed by atoms with Gasteiger partial charge in [0, 0.05) is 12.1 Å². The van der Waals surface area contributed by atoms with Gasteiger partial charge in [-0.25, -0.2) is 0 Å². The summed E-state index contributed by atoms with van der Waals surface area (Å²) in [6.07, 6.45) is 2.52. The number of nitrogens with two attached hydrogens (primary N) is 1. The van der Waals surface area contributed by atoms with E-state index in [1.54, 1.807) is 6.92 Å². The highest BCUT2D eigenvalue weighted by Crippen LogP contribution is 2.33. The molecule has 3 heteroatoms. The molecule has 16 heavy (non-hydrogen) atoms. The van der Waals surface area contributed by atoms with E-state index in [2.05, 4.69) is 0 Å². The zero-order valence-electron chi connectivity index (χ0n) is 9.65. The largest absolute Gasteiger partial charge is 0.493 e. The van der Waals surface area contributed by atoms with E-state index in [0.29, 0.717) is 5.92 Å². The van der Waals surface area contributed by atoms with Gasteiger partial charge in [-0.3, -0.25) is 0 Å². The summed E-state index contributed by atoms with van der Waals surface area (Å²) in [5.41, 5.74) is 5.33. The average molecular weight is 221 g/mol. The van der Waals surface area contributed by atoms with Crippen molar-refractivity contribution in [3.63, 3.8) is 0 Å². The Morgan fingerprint density at radius 3 is 2.75 bits per heavy atom. The molecule has 1 aromatic carbocycles. The first kappa shape index (κ1) is 11.4. The van der Waals surface area contributed by atoms with Crippen LogP contribution in [-0.2, 0) is 5.60 Å². The Labute approximate surface area is 96.2 Å². The van der Waals surface area contributed by atoms with Crippen LogP contribution in [0.25, 0.3) is 0 Å². The molecular formula is C13H19NO2.